The van der Waals surface area contributed by atoms with Crippen LogP contribution in [0.15, 0.2) is 42.6 Å². The van der Waals surface area contributed by atoms with E-state index >= 15 is 0 Å². The summed E-state index contributed by atoms with van der Waals surface area (Å²) in [6.07, 6.45) is 6.10. The fourth-order valence-electron chi connectivity index (χ4n) is 1.52. The van der Waals surface area contributed by atoms with E-state index in [-0.39, 0.29) is 0 Å². The Hall–Kier alpha value is -1.96. The summed E-state index contributed by atoms with van der Waals surface area (Å²) in [5.74, 6) is 0. The Morgan fingerprint density at radius 1 is 1.00 bits per heavy atom. The van der Waals surface area contributed by atoms with Crippen LogP contribution >= 0.6 is 0 Å². The summed E-state index contributed by atoms with van der Waals surface area (Å²) in [4.78, 5) is 5.24. The number of hydrogen-bond acceptors (Lipinski definition) is 1. The van der Waals surface area contributed by atoms with Gasteiger partial charge in [0.15, 0.2) is 0 Å². The molecule has 1 aromatic heterocycles. The first-order valence-electron chi connectivity index (χ1n) is 5.34. The highest BCUT2D eigenvalue weighted by molar-refractivity contribution is 5.69. The zero-order valence-corrected chi connectivity index (χ0v) is 9.64. The Balaban J connectivity index is 2.11. The van der Waals surface area contributed by atoms with Crippen molar-refractivity contribution in [3.05, 3.63) is 53.9 Å². The summed E-state index contributed by atoms with van der Waals surface area (Å²) >= 11 is 0. The van der Waals surface area contributed by atoms with Crippen molar-refractivity contribution in [3.8, 4) is 0 Å². The maximum Gasteiger partial charge on any atom is 0.0380 e. The predicted molar refractivity (Wildman–Crippen MR) is 70.5 cm³/mol. The minimum Gasteiger partial charge on any atom is -0.378 e. The second kappa shape index (κ2) is 4.71. The Morgan fingerprint density at radius 2 is 1.75 bits per heavy atom. The normalized spacial score (nSPS) is 10.9. The van der Waals surface area contributed by atoms with E-state index in [1.165, 1.54) is 11.3 Å². The third-order valence-corrected chi connectivity index (χ3v) is 2.49. The molecular formula is C14H16N2. The van der Waals surface area contributed by atoms with Gasteiger partial charge < -0.3 is 9.88 Å². The number of anilines is 1. The maximum atomic E-state index is 3.14. The van der Waals surface area contributed by atoms with Gasteiger partial charge in [-0.1, -0.05) is 18.2 Å². The third kappa shape index (κ3) is 2.54. The fourth-order valence-corrected chi connectivity index (χ4v) is 1.52. The maximum absolute atomic E-state index is 3.14. The second-order valence-electron chi connectivity index (χ2n) is 3.94. The number of H-pyrrole nitrogens is 1. The molecule has 0 amide bonds. The van der Waals surface area contributed by atoms with Crippen LogP contribution in [0.1, 0.15) is 11.3 Å². The molecule has 0 fully saturated rings. The van der Waals surface area contributed by atoms with Gasteiger partial charge in [0.05, 0.1) is 0 Å². The molecule has 0 unspecified atom stereocenters. The van der Waals surface area contributed by atoms with Gasteiger partial charge in [-0.25, -0.2) is 0 Å². The van der Waals surface area contributed by atoms with Gasteiger partial charge in [-0.15, -0.1) is 0 Å². The van der Waals surface area contributed by atoms with Gasteiger partial charge in [-0.2, -0.15) is 0 Å². The lowest BCUT2D eigenvalue weighted by Gasteiger charge is -2.11. The number of nitrogens with zero attached hydrogens (tertiary/aromatic N) is 1. The smallest absolute Gasteiger partial charge is 0.0380 e. The van der Waals surface area contributed by atoms with Crippen molar-refractivity contribution in [1.29, 1.82) is 0 Å². The van der Waals surface area contributed by atoms with Crippen molar-refractivity contribution in [2.24, 2.45) is 0 Å². The van der Waals surface area contributed by atoms with Crippen LogP contribution in [0, 0.1) is 0 Å². The van der Waals surface area contributed by atoms with Crippen LogP contribution in [-0.2, 0) is 0 Å². The molecule has 0 aliphatic carbocycles. The van der Waals surface area contributed by atoms with Gasteiger partial charge in [0, 0.05) is 31.7 Å². The lowest BCUT2D eigenvalue weighted by Crippen LogP contribution is -2.07. The van der Waals surface area contributed by atoms with E-state index in [2.05, 4.69) is 46.3 Å². The molecule has 2 rings (SSSR count). The van der Waals surface area contributed by atoms with Crippen molar-refractivity contribution < 1.29 is 0 Å². The van der Waals surface area contributed by atoms with Gasteiger partial charge in [0.2, 0.25) is 0 Å². The number of aromatic amines is 1. The molecule has 1 heterocycles. The lowest BCUT2D eigenvalue weighted by molar-refractivity contribution is 1.13. The fraction of sp³-hybridized carbons (Fsp3) is 0.143. The number of benzene rings is 1. The molecular weight excluding hydrogens is 196 g/mol. The quantitative estimate of drug-likeness (QED) is 0.827. The van der Waals surface area contributed by atoms with Crippen molar-refractivity contribution >= 4 is 17.8 Å². The van der Waals surface area contributed by atoms with Gasteiger partial charge in [-0.3, -0.25) is 0 Å². The number of rotatable bonds is 3. The zero-order chi connectivity index (χ0) is 11.4. The molecule has 0 atom stereocenters. The first kappa shape index (κ1) is 10.6. The Kier molecular flexibility index (Phi) is 3.10. The molecule has 1 aromatic carbocycles. The van der Waals surface area contributed by atoms with E-state index < -0.39 is 0 Å². The molecule has 1 N–H and O–H groups in total. The van der Waals surface area contributed by atoms with Gasteiger partial charge in [0.25, 0.3) is 0 Å². The molecule has 16 heavy (non-hydrogen) atoms. The van der Waals surface area contributed by atoms with Crippen LogP contribution < -0.4 is 4.90 Å². The highest BCUT2D eigenvalue weighted by atomic mass is 15.1. The Bertz CT molecular complexity index is 450. The van der Waals surface area contributed by atoms with Crippen molar-refractivity contribution in [2.75, 3.05) is 19.0 Å². The highest BCUT2D eigenvalue weighted by Gasteiger charge is 1.93. The van der Waals surface area contributed by atoms with E-state index in [0.717, 1.165) is 5.69 Å². The zero-order valence-electron chi connectivity index (χ0n) is 9.64. The summed E-state index contributed by atoms with van der Waals surface area (Å²) in [6, 6.07) is 12.5. The molecule has 0 spiro atoms. The van der Waals surface area contributed by atoms with Crippen LogP contribution in [0.5, 0.6) is 0 Å². The monoisotopic (exact) mass is 212 g/mol. The molecule has 2 aromatic rings. The standard InChI is InChI=1S/C14H16N2/c1-16(2)14-9-6-12(7-10-14)5-8-13-4-3-11-15-13/h3-11,15H,1-2H3. The van der Waals surface area contributed by atoms with Gasteiger partial charge in [-0.05, 0) is 35.9 Å². The van der Waals surface area contributed by atoms with Gasteiger partial charge >= 0.3 is 0 Å². The largest absolute Gasteiger partial charge is 0.378 e. The Labute approximate surface area is 96.2 Å². The average Bonchev–Trinajstić information content (AvgIpc) is 2.80. The van der Waals surface area contributed by atoms with E-state index in [0.29, 0.717) is 0 Å². The molecule has 2 nitrogen and oxygen atoms in total. The van der Waals surface area contributed by atoms with Crippen LogP contribution in [-0.4, -0.2) is 19.1 Å². The third-order valence-electron chi connectivity index (χ3n) is 2.49. The number of hydrogen-bond donors (Lipinski definition) is 1. The van der Waals surface area contributed by atoms with Crippen LogP contribution in [0.4, 0.5) is 5.69 Å². The summed E-state index contributed by atoms with van der Waals surface area (Å²) in [5, 5.41) is 0. The topological polar surface area (TPSA) is 19.0 Å². The van der Waals surface area contributed by atoms with Crippen molar-refractivity contribution in [3.63, 3.8) is 0 Å². The Morgan fingerprint density at radius 3 is 2.31 bits per heavy atom. The van der Waals surface area contributed by atoms with Crippen molar-refractivity contribution in [2.45, 2.75) is 0 Å². The minimum atomic E-state index is 1.12. The van der Waals surface area contributed by atoms with E-state index in [4.69, 9.17) is 0 Å². The van der Waals surface area contributed by atoms with E-state index in [1.807, 2.05) is 32.4 Å². The second-order valence-corrected chi connectivity index (χ2v) is 3.94. The number of nitrogens with one attached hydrogen (secondary N) is 1. The molecule has 82 valence electrons. The molecule has 0 radical (unpaired) electrons. The predicted octanol–water partition coefficient (Wildman–Crippen LogP) is 3.25. The molecule has 0 saturated carbocycles. The van der Waals surface area contributed by atoms with Crippen LogP contribution in [0.2, 0.25) is 0 Å². The number of aromatic nitrogens is 1. The molecule has 0 bridgehead atoms. The minimum absolute atomic E-state index is 1.12. The average molecular weight is 212 g/mol. The first-order chi connectivity index (χ1) is 7.75. The molecule has 0 aliphatic rings. The summed E-state index contributed by atoms with van der Waals surface area (Å²) in [5.41, 5.74) is 3.55. The highest BCUT2D eigenvalue weighted by Crippen LogP contribution is 2.14. The van der Waals surface area contributed by atoms with Crippen LogP contribution in [0.25, 0.3) is 12.2 Å². The molecule has 2 heteroatoms. The lowest BCUT2D eigenvalue weighted by atomic mass is 10.2. The van der Waals surface area contributed by atoms with E-state index in [9.17, 15) is 0 Å². The van der Waals surface area contributed by atoms with E-state index in [1.54, 1.807) is 0 Å². The summed E-state index contributed by atoms with van der Waals surface area (Å²) in [7, 11) is 4.09. The SMILES string of the molecule is CN(C)c1ccc(C=Cc2ccc[nH]2)cc1. The van der Waals surface area contributed by atoms with Crippen molar-refractivity contribution in [1.82, 2.24) is 4.98 Å². The first-order valence-corrected chi connectivity index (χ1v) is 5.34. The summed E-state index contributed by atoms with van der Waals surface area (Å²) < 4.78 is 0. The molecule has 0 aliphatic heterocycles. The van der Waals surface area contributed by atoms with Gasteiger partial charge in [0.1, 0.15) is 0 Å². The van der Waals surface area contributed by atoms with Crippen LogP contribution in [0.3, 0.4) is 0 Å². The summed E-state index contributed by atoms with van der Waals surface area (Å²) in [6.45, 7) is 0. The molecule has 0 saturated heterocycles.